The second-order valence-electron chi connectivity index (χ2n) is 5.12. The van der Waals surface area contributed by atoms with Crippen molar-refractivity contribution in [2.75, 3.05) is 12.4 Å². The van der Waals surface area contributed by atoms with Crippen LogP contribution in [0.3, 0.4) is 0 Å². The molecular formula is C17H14ClFN2O2. The summed E-state index contributed by atoms with van der Waals surface area (Å²) in [5, 5.41) is 3.60. The van der Waals surface area contributed by atoms with Crippen LogP contribution in [0.25, 0.3) is 10.9 Å². The van der Waals surface area contributed by atoms with Gasteiger partial charge in [-0.1, -0.05) is 11.6 Å². The number of methoxy groups -OCH3 is 1. The molecule has 0 bridgehead atoms. The van der Waals surface area contributed by atoms with Crippen LogP contribution in [0.5, 0.6) is 5.75 Å². The largest absolute Gasteiger partial charge is 0.497 e. The Labute approximate surface area is 137 Å². The normalized spacial score (nSPS) is 10.8. The van der Waals surface area contributed by atoms with E-state index in [2.05, 4.69) is 10.3 Å². The third-order valence-corrected chi connectivity index (χ3v) is 3.96. The van der Waals surface area contributed by atoms with E-state index in [1.165, 1.54) is 18.2 Å². The number of ether oxygens (including phenoxy) is 1. The average Bonchev–Trinajstić information content (AvgIpc) is 2.87. The molecule has 0 fully saturated rings. The number of halogens is 2. The van der Waals surface area contributed by atoms with E-state index in [4.69, 9.17) is 16.3 Å². The topological polar surface area (TPSA) is 54.1 Å². The number of aryl methyl sites for hydroxylation is 1. The molecule has 0 aliphatic carbocycles. The number of fused-ring (bicyclic) bond motifs is 1. The van der Waals surface area contributed by atoms with Gasteiger partial charge in [-0.3, -0.25) is 4.79 Å². The van der Waals surface area contributed by atoms with Crippen LogP contribution in [0.15, 0.2) is 36.4 Å². The van der Waals surface area contributed by atoms with Gasteiger partial charge in [-0.05, 0) is 42.8 Å². The number of benzene rings is 2. The summed E-state index contributed by atoms with van der Waals surface area (Å²) in [7, 11) is 1.59. The van der Waals surface area contributed by atoms with Crippen molar-refractivity contribution in [2.24, 2.45) is 0 Å². The summed E-state index contributed by atoms with van der Waals surface area (Å²) in [5.74, 6) is -0.144. The molecule has 3 rings (SSSR count). The maximum absolute atomic E-state index is 13.2. The molecule has 0 saturated heterocycles. The van der Waals surface area contributed by atoms with E-state index in [9.17, 15) is 9.18 Å². The van der Waals surface area contributed by atoms with E-state index in [1.807, 2.05) is 25.1 Å². The van der Waals surface area contributed by atoms with Gasteiger partial charge in [-0.25, -0.2) is 4.39 Å². The standard InChI is InChI=1S/C17H14ClFN2O2/c1-9-12-5-4-11(23-2)8-15(12)21-16(9)17(22)20-10-3-6-14(19)13(18)7-10/h3-8,21H,1-2H3,(H,20,22). The first-order chi connectivity index (χ1) is 11.0. The fourth-order valence-electron chi connectivity index (χ4n) is 2.44. The minimum absolute atomic E-state index is 0.0408. The van der Waals surface area contributed by atoms with Gasteiger partial charge >= 0.3 is 0 Å². The number of rotatable bonds is 3. The van der Waals surface area contributed by atoms with Gasteiger partial charge in [-0.15, -0.1) is 0 Å². The minimum Gasteiger partial charge on any atom is -0.497 e. The molecule has 118 valence electrons. The summed E-state index contributed by atoms with van der Waals surface area (Å²) in [6.07, 6.45) is 0. The van der Waals surface area contributed by atoms with E-state index in [1.54, 1.807) is 7.11 Å². The van der Waals surface area contributed by atoms with Crippen LogP contribution >= 0.6 is 11.6 Å². The molecule has 23 heavy (non-hydrogen) atoms. The first-order valence-electron chi connectivity index (χ1n) is 6.92. The lowest BCUT2D eigenvalue weighted by Crippen LogP contribution is -2.13. The summed E-state index contributed by atoms with van der Waals surface area (Å²) in [4.78, 5) is 15.5. The van der Waals surface area contributed by atoms with Gasteiger partial charge < -0.3 is 15.0 Å². The monoisotopic (exact) mass is 332 g/mol. The molecule has 1 amide bonds. The van der Waals surface area contributed by atoms with E-state index < -0.39 is 5.82 Å². The minimum atomic E-state index is -0.529. The van der Waals surface area contributed by atoms with Crippen molar-refractivity contribution in [3.63, 3.8) is 0 Å². The lowest BCUT2D eigenvalue weighted by Gasteiger charge is -2.05. The Morgan fingerprint density at radius 2 is 2.04 bits per heavy atom. The number of carbonyl (C=O) groups excluding carboxylic acids is 1. The van der Waals surface area contributed by atoms with Crippen LogP contribution in [0.4, 0.5) is 10.1 Å². The number of hydrogen-bond donors (Lipinski definition) is 2. The molecule has 0 spiro atoms. The van der Waals surface area contributed by atoms with Crippen LogP contribution in [0.1, 0.15) is 16.1 Å². The molecule has 0 aliphatic heterocycles. The van der Waals surface area contributed by atoms with Gasteiger partial charge in [0.25, 0.3) is 5.91 Å². The van der Waals surface area contributed by atoms with Gasteiger partial charge in [-0.2, -0.15) is 0 Å². The number of anilines is 1. The molecule has 0 radical (unpaired) electrons. The van der Waals surface area contributed by atoms with Crippen LogP contribution in [0.2, 0.25) is 5.02 Å². The lowest BCUT2D eigenvalue weighted by molar-refractivity contribution is 0.102. The Morgan fingerprint density at radius 3 is 2.74 bits per heavy atom. The van der Waals surface area contributed by atoms with Crippen molar-refractivity contribution in [3.8, 4) is 5.75 Å². The van der Waals surface area contributed by atoms with E-state index in [0.717, 1.165) is 16.5 Å². The SMILES string of the molecule is COc1ccc2c(C)c(C(=O)Nc3ccc(F)c(Cl)c3)[nH]c2c1. The molecule has 0 atom stereocenters. The molecule has 4 nitrogen and oxygen atoms in total. The van der Waals surface area contributed by atoms with Crippen molar-refractivity contribution in [1.82, 2.24) is 4.98 Å². The zero-order chi connectivity index (χ0) is 16.6. The predicted octanol–water partition coefficient (Wildman–Crippen LogP) is 4.53. The Bertz CT molecular complexity index is 905. The highest BCUT2D eigenvalue weighted by Gasteiger charge is 2.16. The molecule has 1 aromatic heterocycles. The summed E-state index contributed by atoms with van der Waals surface area (Å²) >= 11 is 5.72. The number of nitrogens with one attached hydrogen (secondary N) is 2. The molecule has 2 aromatic carbocycles. The molecule has 6 heteroatoms. The van der Waals surface area contributed by atoms with Crippen LogP contribution in [-0.4, -0.2) is 18.0 Å². The highest BCUT2D eigenvalue weighted by Crippen LogP contribution is 2.26. The highest BCUT2D eigenvalue weighted by molar-refractivity contribution is 6.31. The first-order valence-corrected chi connectivity index (χ1v) is 7.30. The number of hydrogen-bond acceptors (Lipinski definition) is 2. The lowest BCUT2D eigenvalue weighted by atomic mass is 10.1. The molecular weight excluding hydrogens is 319 g/mol. The second-order valence-corrected chi connectivity index (χ2v) is 5.53. The van der Waals surface area contributed by atoms with Crippen molar-refractivity contribution in [2.45, 2.75) is 6.92 Å². The first kappa shape index (κ1) is 15.4. The Morgan fingerprint density at radius 1 is 1.26 bits per heavy atom. The van der Waals surface area contributed by atoms with Crippen LogP contribution < -0.4 is 10.1 Å². The number of aromatic amines is 1. The summed E-state index contributed by atoms with van der Waals surface area (Å²) < 4.78 is 18.4. The van der Waals surface area contributed by atoms with Crippen molar-refractivity contribution >= 4 is 34.1 Å². The Kier molecular flexibility index (Phi) is 3.96. The second kappa shape index (κ2) is 5.93. The van der Waals surface area contributed by atoms with Gasteiger partial charge in [0.1, 0.15) is 17.3 Å². The third kappa shape index (κ3) is 2.87. The summed E-state index contributed by atoms with van der Waals surface area (Å²) in [5.41, 5.74) is 2.50. The number of carbonyl (C=O) groups is 1. The van der Waals surface area contributed by atoms with E-state index in [0.29, 0.717) is 17.1 Å². The average molecular weight is 333 g/mol. The number of H-pyrrole nitrogens is 1. The molecule has 3 aromatic rings. The quantitative estimate of drug-likeness (QED) is 0.740. The molecule has 0 aliphatic rings. The van der Waals surface area contributed by atoms with Gasteiger partial charge in [0, 0.05) is 22.7 Å². The molecule has 2 N–H and O–H groups in total. The maximum Gasteiger partial charge on any atom is 0.272 e. The zero-order valence-corrected chi connectivity index (χ0v) is 13.3. The predicted molar refractivity (Wildman–Crippen MR) is 89.0 cm³/mol. The summed E-state index contributed by atoms with van der Waals surface area (Å²) in [6.45, 7) is 1.86. The smallest absolute Gasteiger partial charge is 0.272 e. The molecule has 0 saturated carbocycles. The highest BCUT2D eigenvalue weighted by atomic mass is 35.5. The fourth-order valence-corrected chi connectivity index (χ4v) is 2.62. The fraction of sp³-hybridized carbons (Fsp3) is 0.118. The molecule has 1 heterocycles. The van der Waals surface area contributed by atoms with Gasteiger partial charge in [0.2, 0.25) is 0 Å². The third-order valence-electron chi connectivity index (χ3n) is 3.67. The number of aromatic nitrogens is 1. The van der Waals surface area contributed by atoms with Gasteiger partial charge in [0.05, 0.1) is 12.1 Å². The Balaban J connectivity index is 1.94. The summed E-state index contributed by atoms with van der Waals surface area (Å²) in [6, 6.07) is 9.60. The van der Waals surface area contributed by atoms with E-state index in [-0.39, 0.29) is 10.9 Å². The number of amides is 1. The van der Waals surface area contributed by atoms with Crippen molar-refractivity contribution in [1.29, 1.82) is 0 Å². The van der Waals surface area contributed by atoms with Crippen molar-refractivity contribution < 1.29 is 13.9 Å². The van der Waals surface area contributed by atoms with Crippen molar-refractivity contribution in [3.05, 3.63) is 58.5 Å². The van der Waals surface area contributed by atoms with E-state index >= 15 is 0 Å². The van der Waals surface area contributed by atoms with Gasteiger partial charge in [0.15, 0.2) is 0 Å². The van der Waals surface area contributed by atoms with Crippen LogP contribution in [-0.2, 0) is 0 Å². The molecule has 0 unspecified atom stereocenters. The van der Waals surface area contributed by atoms with Crippen LogP contribution in [0, 0.1) is 12.7 Å². The Hall–Kier alpha value is -2.53. The maximum atomic E-state index is 13.2. The zero-order valence-electron chi connectivity index (χ0n) is 12.5.